The third-order valence-electron chi connectivity index (χ3n) is 6.63. The molecule has 4 rings (SSSR count). The Kier molecular flexibility index (Phi) is 7.73. The lowest BCUT2D eigenvalue weighted by molar-refractivity contribution is -0.149. The normalized spacial score (nSPS) is 21.4. The van der Waals surface area contributed by atoms with Gasteiger partial charge in [-0.05, 0) is 48.7 Å². The number of nitrogens with zero attached hydrogens (tertiary/aromatic N) is 1. The van der Waals surface area contributed by atoms with E-state index in [1.54, 1.807) is 7.11 Å². The van der Waals surface area contributed by atoms with Gasteiger partial charge in [-0.2, -0.15) is 0 Å². The molecule has 0 N–H and O–H groups in total. The van der Waals surface area contributed by atoms with Crippen LogP contribution in [0.25, 0.3) is 0 Å². The molecule has 0 aliphatic carbocycles. The lowest BCUT2D eigenvalue weighted by Gasteiger charge is -2.28. The fraction of sp³-hybridized carbons (Fsp3) is 0.481. The van der Waals surface area contributed by atoms with Gasteiger partial charge in [-0.1, -0.05) is 31.5 Å². The van der Waals surface area contributed by atoms with Gasteiger partial charge in [0.15, 0.2) is 11.5 Å². The van der Waals surface area contributed by atoms with Crippen molar-refractivity contribution in [2.75, 3.05) is 33.6 Å². The van der Waals surface area contributed by atoms with Crippen LogP contribution in [0.15, 0.2) is 42.5 Å². The number of hydrogen-bond acceptors (Lipinski definition) is 7. The first kappa shape index (κ1) is 24.1. The monoisotopic (exact) mass is 467 g/mol. The summed E-state index contributed by atoms with van der Waals surface area (Å²) in [7, 11) is 1.63. The lowest BCUT2D eigenvalue weighted by Crippen LogP contribution is -2.33. The molecule has 1 fully saturated rings. The Morgan fingerprint density at radius 1 is 1.03 bits per heavy atom. The standard InChI is InChI=1S/C27H33NO6/c1-4-6-7-20(29)15-28-16-22(19-10-13-23-24(14-19)34-17-33-23)25(27(30)32-5-2)26(28)18-8-11-21(31-3)12-9-18/h8-14,22,25-26H,4-7,15-17H2,1-3H3/t22-,25-,26+/m0/s1. The van der Waals surface area contributed by atoms with E-state index < -0.39 is 5.92 Å². The summed E-state index contributed by atoms with van der Waals surface area (Å²) in [5, 5.41) is 0. The fourth-order valence-electron chi connectivity index (χ4n) is 4.98. The Bertz CT molecular complexity index is 1000. The minimum Gasteiger partial charge on any atom is -0.497 e. The molecule has 1 saturated heterocycles. The van der Waals surface area contributed by atoms with Crippen LogP contribution in [-0.2, 0) is 14.3 Å². The highest BCUT2D eigenvalue weighted by Gasteiger charge is 2.48. The molecule has 0 amide bonds. The van der Waals surface area contributed by atoms with Crippen molar-refractivity contribution in [3.63, 3.8) is 0 Å². The summed E-state index contributed by atoms with van der Waals surface area (Å²) in [6.07, 6.45) is 2.38. The number of esters is 1. The molecule has 34 heavy (non-hydrogen) atoms. The molecule has 2 heterocycles. The predicted octanol–water partition coefficient (Wildman–Crippen LogP) is 4.50. The van der Waals surface area contributed by atoms with Crippen molar-refractivity contribution >= 4 is 11.8 Å². The van der Waals surface area contributed by atoms with Crippen molar-refractivity contribution in [2.45, 2.75) is 45.1 Å². The molecule has 0 saturated carbocycles. The molecule has 0 aromatic heterocycles. The zero-order chi connectivity index (χ0) is 24.1. The summed E-state index contributed by atoms with van der Waals surface area (Å²) in [6, 6.07) is 13.3. The average Bonchev–Trinajstić information content (AvgIpc) is 3.47. The summed E-state index contributed by atoms with van der Waals surface area (Å²) >= 11 is 0. The van der Waals surface area contributed by atoms with Gasteiger partial charge in [0, 0.05) is 24.9 Å². The summed E-state index contributed by atoms with van der Waals surface area (Å²) in [5.74, 6) is 1.44. The van der Waals surface area contributed by atoms with Gasteiger partial charge in [0.1, 0.15) is 11.5 Å². The van der Waals surface area contributed by atoms with Gasteiger partial charge in [0.05, 0.1) is 26.2 Å². The second kappa shape index (κ2) is 10.9. The zero-order valence-electron chi connectivity index (χ0n) is 20.1. The Morgan fingerprint density at radius 2 is 1.76 bits per heavy atom. The van der Waals surface area contributed by atoms with Crippen LogP contribution in [0.2, 0.25) is 0 Å². The Hall–Kier alpha value is -3.06. The molecule has 0 radical (unpaired) electrons. The van der Waals surface area contributed by atoms with Crippen molar-refractivity contribution < 1.29 is 28.5 Å². The van der Waals surface area contributed by atoms with E-state index in [9.17, 15) is 9.59 Å². The van der Waals surface area contributed by atoms with E-state index in [2.05, 4.69) is 11.8 Å². The maximum absolute atomic E-state index is 13.4. The lowest BCUT2D eigenvalue weighted by atomic mass is 9.82. The molecule has 0 bridgehead atoms. The number of unbranched alkanes of at least 4 members (excludes halogenated alkanes) is 1. The van der Waals surface area contributed by atoms with Gasteiger partial charge in [-0.25, -0.2) is 0 Å². The van der Waals surface area contributed by atoms with Crippen molar-refractivity contribution in [1.29, 1.82) is 0 Å². The maximum atomic E-state index is 13.4. The smallest absolute Gasteiger partial charge is 0.311 e. The van der Waals surface area contributed by atoms with E-state index in [0.29, 0.717) is 37.6 Å². The number of ether oxygens (including phenoxy) is 4. The van der Waals surface area contributed by atoms with E-state index >= 15 is 0 Å². The van der Waals surface area contributed by atoms with Crippen LogP contribution in [0.5, 0.6) is 17.2 Å². The first-order chi connectivity index (χ1) is 16.5. The largest absolute Gasteiger partial charge is 0.497 e. The maximum Gasteiger partial charge on any atom is 0.311 e. The van der Waals surface area contributed by atoms with Gasteiger partial charge in [0.25, 0.3) is 0 Å². The number of rotatable bonds is 10. The number of ketones is 1. The first-order valence-electron chi connectivity index (χ1n) is 12.0. The van der Waals surface area contributed by atoms with Crippen LogP contribution >= 0.6 is 0 Å². The minimum absolute atomic E-state index is 0.153. The highest BCUT2D eigenvalue weighted by molar-refractivity contribution is 5.81. The molecular formula is C27H33NO6. The van der Waals surface area contributed by atoms with Gasteiger partial charge in [0.2, 0.25) is 6.79 Å². The van der Waals surface area contributed by atoms with E-state index in [-0.39, 0.29) is 30.5 Å². The molecule has 2 aliphatic rings. The SMILES string of the molecule is CCCCC(=O)CN1C[C@@H](c2ccc3c(c2)OCO3)[C@H](C(=O)OCC)[C@H]1c1ccc(OC)cc1. The molecular weight excluding hydrogens is 434 g/mol. The summed E-state index contributed by atoms with van der Waals surface area (Å²) in [5.41, 5.74) is 1.94. The molecule has 2 aromatic rings. The second-order valence-electron chi connectivity index (χ2n) is 8.79. The van der Waals surface area contributed by atoms with Gasteiger partial charge in [-0.3, -0.25) is 14.5 Å². The molecule has 0 spiro atoms. The minimum atomic E-state index is -0.465. The number of carbonyl (C=O) groups excluding carboxylic acids is 2. The molecule has 3 atom stereocenters. The molecule has 7 heteroatoms. The zero-order valence-corrected chi connectivity index (χ0v) is 20.1. The quantitative estimate of drug-likeness (QED) is 0.476. The van der Waals surface area contributed by atoms with Crippen molar-refractivity contribution in [2.24, 2.45) is 5.92 Å². The third-order valence-corrected chi connectivity index (χ3v) is 6.63. The van der Waals surface area contributed by atoms with Crippen LogP contribution in [0.1, 0.15) is 56.2 Å². The van der Waals surface area contributed by atoms with E-state index in [0.717, 1.165) is 29.7 Å². The number of carbonyl (C=O) groups is 2. The number of Topliss-reactive ketones (excluding diaryl/α,β-unsaturated/α-hetero) is 1. The van der Waals surface area contributed by atoms with Gasteiger partial charge < -0.3 is 18.9 Å². The Morgan fingerprint density at radius 3 is 2.47 bits per heavy atom. The summed E-state index contributed by atoms with van der Waals surface area (Å²) in [4.78, 5) is 28.3. The topological polar surface area (TPSA) is 74.3 Å². The van der Waals surface area contributed by atoms with Crippen LogP contribution in [0.4, 0.5) is 0 Å². The summed E-state index contributed by atoms with van der Waals surface area (Å²) < 4.78 is 21.9. The highest BCUT2D eigenvalue weighted by Crippen LogP contribution is 2.48. The molecule has 7 nitrogen and oxygen atoms in total. The molecule has 2 aromatic carbocycles. The van der Waals surface area contributed by atoms with E-state index in [1.165, 1.54) is 0 Å². The molecule has 2 aliphatic heterocycles. The molecule has 0 unspecified atom stereocenters. The van der Waals surface area contributed by atoms with Gasteiger partial charge in [-0.15, -0.1) is 0 Å². The number of likely N-dealkylation sites (tertiary alicyclic amines) is 1. The van der Waals surface area contributed by atoms with E-state index in [1.807, 2.05) is 49.4 Å². The third kappa shape index (κ3) is 5.04. The Balaban J connectivity index is 1.72. The number of fused-ring (bicyclic) bond motifs is 1. The van der Waals surface area contributed by atoms with Crippen LogP contribution < -0.4 is 14.2 Å². The van der Waals surface area contributed by atoms with E-state index in [4.69, 9.17) is 18.9 Å². The number of benzene rings is 2. The number of methoxy groups -OCH3 is 1. The predicted molar refractivity (Wildman–Crippen MR) is 127 cm³/mol. The van der Waals surface area contributed by atoms with Crippen LogP contribution in [0, 0.1) is 5.92 Å². The van der Waals surface area contributed by atoms with Crippen LogP contribution in [0.3, 0.4) is 0 Å². The first-order valence-corrected chi connectivity index (χ1v) is 12.0. The molecule has 182 valence electrons. The summed E-state index contributed by atoms with van der Waals surface area (Å²) in [6.45, 7) is 5.25. The van der Waals surface area contributed by atoms with Crippen molar-refractivity contribution in [1.82, 2.24) is 4.90 Å². The van der Waals surface area contributed by atoms with Gasteiger partial charge >= 0.3 is 5.97 Å². The van der Waals surface area contributed by atoms with Crippen molar-refractivity contribution in [3.8, 4) is 17.2 Å². The number of hydrogen-bond donors (Lipinski definition) is 0. The average molecular weight is 468 g/mol. The van der Waals surface area contributed by atoms with Crippen molar-refractivity contribution in [3.05, 3.63) is 53.6 Å². The highest BCUT2D eigenvalue weighted by atomic mass is 16.7. The Labute approximate surface area is 200 Å². The fourth-order valence-corrected chi connectivity index (χ4v) is 4.98. The van der Waals surface area contributed by atoms with Crippen LogP contribution in [-0.4, -0.2) is 50.3 Å². The second-order valence-corrected chi connectivity index (χ2v) is 8.79.